The van der Waals surface area contributed by atoms with Crippen LogP contribution in [0.15, 0.2) is 12.4 Å². The van der Waals surface area contributed by atoms with E-state index in [9.17, 15) is 9.90 Å². The Morgan fingerprint density at radius 2 is 1.85 bits per heavy atom. The molecule has 0 aromatic carbocycles. The summed E-state index contributed by atoms with van der Waals surface area (Å²) in [5.41, 5.74) is 0.00291. The Balaban J connectivity index is 2.25. The van der Waals surface area contributed by atoms with Gasteiger partial charge in [-0.15, -0.1) is 0 Å². The second-order valence-corrected chi connectivity index (χ2v) is 5.75. The minimum absolute atomic E-state index is 0.236. The van der Waals surface area contributed by atoms with Gasteiger partial charge < -0.3 is 5.11 Å². The fourth-order valence-corrected chi connectivity index (χ4v) is 2.96. The summed E-state index contributed by atoms with van der Waals surface area (Å²) in [6, 6.07) is 0.236. The highest BCUT2D eigenvalue weighted by atomic mass is 16.4. The molecule has 110 valence electrons. The second-order valence-electron chi connectivity index (χ2n) is 5.75. The summed E-state index contributed by atoms with van der Waals surface area (Å²) in [5.74, 6) is -0.898. The summed E-state index contributed by atoms with van der Waals surface area (Å²) in [4.78, 5) is 20.2. The molecule has 1 heterocycles. The summed E-state index contributed by atoms with van der Waals surface area (Å²) >= 11 is 0. The Hall–Kier alpha value is -1.49. The van der Waals surface area contributed by atoms with Crippen molar-refractivity contribution in [1.82, 2.24) is 15.3 Å². The number of nitrogens with zero attached hydrogens (tertiary/aromatic N) is 2. The predicted molar refractivity (Wildman–Crippen MR) is 76.4 cm³/mol. The van der Waals surface area contributed by atoms with E-state index < -0.39 is 11.5 Å². The van der Waals surface area contributed by atoms with Crippen LogP contribution in [0.4, 0.5) is 0 Å². The number of hydrogen-bond acceptors (Lipinski definition) is 4. The average molecular weight is 277 g/mol. The number of rotatable bonds is 4. The zero-order valence-corrected chi connectivity index (χ0v) is 12.2. The zero-order valence-electron chi connectivity index (χ0n) is 12.2. The molecule has 0 saturated heterocycles. The van der Waals surface area contributed by atoms with Gasteiger partial charge in [0.15, 0.2) is 5.54 Å². The molecule has 1 unspecified atom stereocenters. The predicted octanol–water partition coefficient (Wildman–Crippen LogP) is 2.40. The molecule has 2 rings (SSSR count). The SMILES string of the molecule is Cc1nccnc1C(C)(NC1CCCCCC1)C(=O)O. The lowest BCUT2D eigenvalue weighted by Gasteiger charge is -2.31. The molecular weight excluding hydrogens is 254 g/mol. The highest BCUT2D eigenvalue weighted by molar-refractivity contribution is 5.80. The molecule has 1 aromatic heterocycles. The first-order chi connectivity index (χ1) is 9.54. The fourth-order valence-electron chi connectivity index (χ4n) is 2.96. The van der Waals surface area contributed by atoms with Crippen LogP contribution in [0.3, 0.4) is 0 Å². The van der Waals surface area contributed by atoms with E-state index in [-0.39, 0.29) is 6.04 Å². The van der Waals surface area contributed by atoms with Crippen molar-refractivity contribution in [2.24, 2.45) is 0 Å². The van der Waals surface area contributed by atoms with Gasteiger partial charge in [0.25, 0.3) is 0 Å². The molecule has 5 heteroatoms. The van der Waals surface area contributed by atoms with Crippen molar-refractivity contribution < 1.29 is 9.90 Å². The average Bonchev–Trinajstić information content (AvgIpc) is 2.67. The van der Waals surface area contributed by atoms with Crippen molar-refractivity contribution in [3.8, 4) is 0 Å². The van der Waals surface area contributed by atoms with Crippen LogP contribution in [0.5, 0.6) is 0 Å². The Morgan fingerprint density at radius 1 is 1.25 bits per heavy atom. The third kappa shape index (κ3) is 3.15. The monoisotopic (exact) mass is 277 g/mol. The van der Waals surface area contributed by atoms with Crippen LogP contribution in [0, 0.1) is 6.92 Å². The summed E-state index contributed by atoms with van der Waals surface area (Å²) < 4.78 is 0. The van der Waals surface area contributed by atoms with Crippen LogP contribution < -0.4 is 5.32 Å². The Labute approximate surface area is 119 Å². The normalized spacial score (nSPS) is 20.1. The van der Waals surface area contributed by atoms with Crippen molar-refractivity contribution in [2.75, 3.05) is 0 Å². The molecule has 1 saturated carbocycles. The Bertz CT molecular complexity index is 470. The summed E-state index contributed by atoms with van der Waals surface area (Å²) in [6.45, 7) is 3.50. The van der Waals surface area contributed by atoms with Gasteiger partial charge in [-0.05, 0) is 26.7 Å². The van der Waals surface area contributed by atoms with Crippen LogP contribution in [0.2, 0.25) is 0 Å². The van der Waals surface area contributed by atoms with Gasteiger partial charge in [0, 0.05) is 18.4 Å². The maximum Gasteiger partial charge on any atom is 0.329 e. The maximum absolute atomic E-state index is 11.8. The molecule has 0 radical (unpaired) electrons. The van der Waals surface area contributed by atoms with Crippen LogP contribution in [-0.2, 0) is 10.3 Å². The van der Waals surface area contributed by atoms with E-state index in [1.807, 2.05) is 0 Å². The van der Waals surface area contributed by atoms with Gasteiger partial charge >= 0.3 is 5.97 Å². The van der Waals surface area contributed by atoms with Crippen molar-refractivity contribution in [2.45, 2.75) is 64.0 Å². The Morgan fingerprint density at radius 3 is 2.40 bits per heavy atom. The standard InChI is InChI=1S/C15H23N3O2/c1-11-13(17-10-9-16-11)15(2,14(19)20)18-12-7-5-3-4-6-8-12/h9-10,12,18H,3-8H2,1-2H3,(H,19,20). The summed E-state index contributed by atoms with van der Waals surface area (Å²) in [6.07, 6.45) is 10.0. The van der Waals surface area contributed by atoms with Crippen molar-refractivity contribution >= 4 is 5.97 Å². The molecule has 0 bridgehead atoms. The molecule has 1 atom stereocenters. The lowest BCUT2D eigenvalue weighted by atomic mass is 9.93. The highest BCUT2D eigenvalue weighted by Gasteiger charge is 2.40. The molecule has 1 aliphatic rings. The van der Waals surface area contributed by atoms with Gasteiger partial charge in [-0.3, -0.25) is 15.3 Å². The van der Waals surface area contributed by atoms with Gasteiger partial charge in [-0.25, -0.2) is 4.79 Å². The number of carboxylic acid groups (broad SMARTS) is 1. The molecule has 1 aliphatic carbocycles. The van der Waals surface area contributed by atoms with Crippen LogP contribution in [0.1, 0.15) is 56.8 Å². The largest absolute Gasteiger partial charge is 0.480 e. The minimum atomic E-state index is -1.17. The van der Waals surface area contributed by atoms with Gasteiger partial charge in [-0.1, -0.05) is 25.7 Å². The zero-order chi connectivity index (χ0) is 14.6. The first-order valence-corrected chi connectivity index (χ1v) is 7.33. The van der Waals surface area contributed by atoms with E-state index in [2.05, 4.69) is 15.3 Å². The molecular formula is C15H23N3O2. The molecule has 20 heavy (non-hydrogen) atoms. The number of aliphatic carboxylic acids is 1. The van der Waals surface area contributed by atoms with Crippen molar-refractivity contribution in [3.63, 3.8) is 0 Å². The van der Waals surface area contributed by atoms with E-state index in [1.165, 1.54) is 12.8 Å². The molecule has 0 aliphatic heterocycles. The van der Waals surface area contributed by atoms with Crippen LogP contribution in [0.25, 0.3) is 0 Å². The molecule has 2 N–H and O–H groups in total. The van der Waals surface area contributed by atoms with Gasteiger partial charge in [0.1, 0.15) is 0 Å². The smallest absolute Gasteiger partial charge is 0.329 e. The third-order valence-corrected chi connectivity index (χ3v) is 4.13. The van der Waals surface area contributed by atoms with E-state index in [0.717, 1.165) is 25.7 Å². The second kappa shape index (κ2) is 6.31. The van der Waals surface area contributed by atoms with Crippen LogP contribution >= 0.6 is 0 Å². The highest BCUT2D eigenvalue weighted by Crippen LogP contribution is 2.26. The van der Waals surface area contributed by atoms with Gasteiger partial charge in [0.05, 0.1) is 11.4 Å². The first kappa shape index (κ1) is 14.9. The van der Waals surface area contributed by atoms with Gasteiger partial charge in [0.2, 0.25) is 0 Å². The molecule has 1 fully saturated rings. The third-order valence-electron chi connectivity index (χ3n) is 4.13. The van der Waals surface area contributed by atoms with E-state index in [4.69, 9.17) is 0 Å². The van der Waals surface area contributed by atoms with Crippen molar-refractivity contribution in [3.05, 3.63) is 23.8 Å². The topological polar surface area (TPSA) is 75.1 Å². The lowest BCUT2D eigenvalue weighted by molar-refractivity contribution is -0.145. The number of hydrogen-bond donors (Lipinski definition) is 2. The van der Waals surface area contributed by atoms with E-state index in [0.29, 0.717) is 11.4 Å². The number of carbonyl (C=O) groups is 1. The van der Waals surface area contributed by atoms with Gasteiger partial charge in [-0.2, -0.15) is 0 Å². The number of aromatic nitrogens is 2. The van der Waals surface area contributed by atoms with Crippen molar-refractivity contribution in [1.29, 1.82) is 0 Å². The lowest BCUT2D eigenvalue weighted by Crippen LogP contribution is -2.52. The molecule has 0 amide bonds. The minimum Gasteiger partial charge on any atom is -0.480 e. The summed E-state index contributed by atoms with van der Waals surface area (Å²) in [7, 11) is 0. The number of carboxylic acids is 1. The molecule has 5 nitrogen and oxygen atoms in total. The van der Waals surface area contributed by atoms with E-state index >= 15 is 0 Å². The fraction of sp³-hybridized carbons (Fsp3) is 0.667. The molecule has 0 spiro atoms. The quantitative estimate of drug-likeness (QED) is 0.827. The first-order valence-electron chi connectivity index (χ1n) is 7.33. The number of aryl methyl sites for hydroxylation is 1. The summed E-state index contributed by atoms with van der Waals surface area (Å²) in [5, 5.41) is 13.0. The number of nitrogens with one attached hydrogen (secondary N) is 1. The Kier molecular flexibility index (Phi) is 4.70. The maximum atomic E-state index is 11.8. The van der Waals surface area contributed by atoms with Crippen LogP contribution in [-0.4, -0.2) is 27.1 Å². The molecule has 1 aromatic rings. The van der Waals surface area contributed by atoms with E-state index in [1.54, 1.807) is 26.2 Å².